The predicted molar refractivity (Wildman–Crippen MR) is 127 cm³/mol. The van der Waals surface area contributed by atoms with Crippen LogP contribution in [0.25, 0.3) is 0 Å². The SMILES string of the molecule is CCNC(=NCc1ccc(OC)cc1)NCC(=O)N(C)CCc1ccccn1.I. The number of aromatic nitrogens is 1. The molecule has 1 aromatic heterocycles. The van der Waals surface area contributed by atoms with Crippen molar-refractivity contribution < 1.29 is 9.53 Å². The van der Waals surface area contributed by atoms with E-state index in [9.17, 15) is 4.79 Å². The van der Waals surface area contributed by atoms with E-state index in [1.54, 1.807) is 25.3 Å². The van der Waals surface area contributed by atoms with E-state index in [1.807, 2.05) is 49.4 Å². The highest BCUT2D eigenvalue weighted by Gasteiger charge is 2.10. The minimum Gasteiger partial charge on any atom is -0.497 e. The summed E-state index contributed by atoms with van der Waals surface area (Å²) in [5.41, 5.74) is 2.04. The summed E-state index contributed by atoms with van der Waals surface area (Å²) in [4.78, 5) is 22.9. The highest BCUT2D eigenvalue weighted by molar-refractivity contribution is 14.0. The van der Waals surface area contributed by atoms with Crippen molar-refractivity contribution in [2.45, 2.75) is 19.9 Å². The van der Waals surface area contributed by atoms with Crippen molar-refractivity contribution in [1.82, 2.24) is 20.5 Å². The van der Waals surface area contributed by atoms with Crippen LogP contribution < -0.4 is 15.4 Å². The third-order valence-corrected chi connectivity index (χ3v) is 4.19. The fraction of sp³-hybridized carbons (Fsp3) is 0.381. The van der Waals surface area contributed by atoms with Crippen LogP contribution in [0.15, 0.2) is 53.7 Å². The number of likely N-dealkylation sites (N-methyl/N-ethyl adjacent to an activating group) is 1. The van der Waals surface area contributed by atoms with E-state index in [1.165, 1.54) is 0 Å². The molecule has 0 saturated heterocycles. The number of guanidine groups is 1. The average molecular weight is 511 g/mol. The summed E-state index contributed by atoms with van der Waals surface area (Å²) in [6.07, 6.45) is 2.50. The Labute approximate surface area is 190 Å². The molecule has 0 saturated carbocycles. The molecule has 2 rings (SSSR count). The molecule has 0 aliphatic rings. The first-order valence-electron chi connectivity index (χ1n) is 9.41. The monoisotopic (exact) mass is 511 g/mol. The molecule has 7 nitrogen and oxygen atoms in total. The molecule has 0 unspecified atom stereocenters. The normalized spacial score (nSPS) is 10.7. The Kier molecular flexibility index (Phi) is 11.7. The van der Waals surface area contributed by atoms with Gasteiger partial charge < -0.3 is 20.3 Å². The van der Waals surface area contributed by atoms with Crippen LogP contribution in [0.1, 0.15) is 18.2 Å². The zero-order chi connectivity index (χ0) is 20.2. The second kappa shape index (κ2) is 13.8. The number of methoxy groups -OCH3 is 1. The number of nitrogens with one attached hydrogen (secondary N) is 2. The maximum atomic E-state index is 12.4. The lowest BCUT2D eigenvalue weighted by molar-refractivity contribution is -0.128. The Balaban J connectivity index is 0.00000420. The standard InChI is InChI=1S/C21H29N5O2.HI/c1-4-22-21(24-15-17-8-10-19(28-3)11-9-17)25-16-20(27)26(2)14-12-18-7-5-6-13-23-18;/h5-11,13H,4,12,14-16H2,1-3H3,(H2,22,24,25);1H. The molecule has 1 aromatic carbocycles. The van der Waals surface area contributed by atoms with Gasteiger partial charge in [0.2, 0.25) is 5.91 Å². The number of rotatable bonds is 9. The minimum atomic E-state index is 0. The molecule has 0 spiro atoms. The molecule has 8 heteroatoms. The summed E-state index contributed by atoms with van der Waals surface area (Å²) >= 11 is 0. The third kappa shape index (κ3) is 9.12. The second-order valence-corrected chi connectivity index (χ2v) is 6.28. The maximum absolute atomic E-state index is 12.4. The van der Waals surface area contributed by atoms with Crippen molar-refractivity contribution in [2.75, 3.05) is 33.8 Å². The van der Waals surface area contributed by atoms with Gasteiger partial charge in [-0.05, 0) is 36.8 Å². The summed E-state index contributed by atoms with van der Waals surface area (Å²) in [5.74, 6) is 1.44. The van der Waals surface area contributed by atoms with Crippen molar-refractivity contribution in [1.29, 1.82) is 0 Å². The number of hydrogen-bond donors (Lipinski definition) is 2. The molecule has 1 heterocycles. The van der Waals surface area contributed by atoms with Crippen LogP contribution in [-0.4, -0.2) is 55.5 Å². The van der Waals surface area contributed by atoms with E-state index in [-0.39, 0.29) is 36.4 Å². The Morgan fingerprint density at radius 2 is 1.93 bits per heavy atom. The molecule has 0 aliphatic carbocycles. The predicted octanol–water partition coefficient (Wildman–Crippen LogP) is 2.46. The van der Waals surface area contributed by atoms with E-state index >= 15 is 0 Å². The molecule has 0 fully saturated rings. The van der Waals surface area contributed by atoms with Crippen molar-refractivity contribution >= 4 is 35.8 Å². The molecule has 0 aliphatic heterocycles. The fourth-order valence-electron chi connectivity index (χ4n) is 2.49. The van der Waals surface area contributed by atoms with E-state index in [0.29, 0.717) is 19.0 Å². The average Bonchev–Trinajstić information content (AvgIpc) is 2.74. The van der Waals surface area contributed by atoms with Gasteiger partial charge in [-0.1, -0.05) is 18.2 Å². The Morgan fingerprint density at radius 1 is 1.17 bits per heavy atom. The van der Waals surface area contributed by atoms with Crippen LogP contribution in [0.3, 0.4) is 0 Å². The number of pyridine rings is 1. The van der Waals surface area contributed by atoms with Crippen LogP contribution in [0.5, 0.6) is 5.75 Å². The number of hydrogen-bond acceptors (Lipinski definition) is 4. The Morgan fingerprint density at radius 3 is 2.55 bits per heavy atom. The van der Waals surface area contributed by atoms with Gasteiger partial charge in [0, 0.05) is 38.4 Å². The van der Waals surface area contributed by atoms with Gasteiger partial charge in [0.15, 0.2) is 5.96 Å². The fourth-order valence-corrected chi connectivity index (χ4v) is 2.49. The number of amides is 1. The van der Waals surface area contributed by atoms with Gasteiger partial charge in [0.1, 0.15) is 5.75 Å². The van der Waals surface area contributed by atoms with Gasteiger partial charge in [-0.15, -0.1) is 24.0 Å². The van der Waals surface area contributed by atoms with E-state index in [2.05, 4.69) is 20.6 Å². The summed E-state index contributed by atoms with van der Waals surface area (Å²) < 4.78 is 5.16. The molecule has 2 aromatic rings. The lowest BCUT2D eigenvalue weighted by atomic mass is 10.2. The molecule has 158 valence electrons. The first kappa shape index (κ1) is 24.7. The zero-order valence-corrected chi connectivity index (χ0v) is 19.6. The van der Waals surface area contributed by atoms with E-state index in [4.69, 9.17) is 4.74 Å². The highest BCUT2D eigenvalue weighted by atomic mass is 127. The third-order valence-electron chi connectivity index (χ3n) is 4.19. The molecule has 29 heavy (non-hydrogen) atoms. The van der Waals surface area contributed by atoms with Crippen LogP contribution in [0.4, 0.5) is 0 Å². The van der Waals surface area contributed by atoms with Crippen molar-refractivity contribution in [3.63, 3.8) is 0 Å². The largest absolute Gasteiger partial charge is 0.497 e. The minimum absolute atomic E-state index is 0. The summed E-state index contributed by atoms with van der Waals surface area (Å²) in [7, 11) is 3.44. The Hall–Kier alpha value is -2.36. The maximum Gasteiger partial charge on any atom is 0.241 e. The number of benzene rings is 1. The Bertz CT molecular complexity index is 753. The molecule has 0 bridgehead atoms. The van der Waals surface area contributed by atoms with Crippen molar-refractivity contribution in [3.05, 3.63) is 59.9 Å². The van der Waals surface area contributed by atoms with E-state index < -0.39 is 0 Å². The zero-order valence-electron chi connectivity index (χ0n) is 17.2. The number of aliphatic imine (C=N–C) groups is 1. The highest BCUT2D eigenvalue weighted by Crippen LogP contribution is 2.11. The van der Waals surface area contributed by atoms with Crippen molar-refractivity contribution in [3.8, 4) is 5.75 Å². The van der Waals surface area contributed by atoms with Gasteiger partial charge >= 0.3 is 0 Å². The smallest absolute Gasteiger partial charge is 0.241 e. The number of halogens is 1. The molecule has 2 N–H and O–H groups in total. The van der Waals surface area contributed by atoms with Gasteiger partial charge in [0.25, 0.3) is 0 Å². The number of nitrogens with zero attached hydrogens (tertiary/aromatic N) is 3. The number of carbonyl (C=O) groups excluding carboxylic acids is 1. The van der Waals surface area contributed by atoms with Crippen LogP contribution in [0, 0.1) is 0 Å². The summed E-state index contributed by atoms with van der Waals surface area (Å²) in [5, 5.41) is 6.26. The van der Waals surface area contributed by atoms with Crippen molar-refractivity contribution in [2.24, 2.45) is 4.99 Å². The summed E-state index contributed by atoms with van der Waals surface area (Å²) in [6.45, 7) is 4.04. The number of ether oxygens (including phenoxy) is 1. The number of carbonyl (C=O) groups is 1. The first-order chi connectivity index (χ1) is 13.6. The molecular weight excluding hydrogens is 481 g/mol. The van der Waals surface area contributed by atoms with Crippen LogP contribution in [-0.2, 0) is 17.8 Å². The second-order valence-electron chi connectivity index (χ2n) is 6.28. The van der Waals surface area contributed by atoms with Gasteiger partial charge in [-0.25, -0.2) is 4.99 Å². The van der Waals surface area contributed by atoms with Gasteiger partial charge in [0.05, 0.1) is 20.2 Å². The van der Waals surface area contributed by atoms with Crippen LogP contribution in [0.2, 0.25) is 0 Å². The summed E-state index contributed by atoms with van der Waals surface area (Å²) in [6, 6.07) is 13.6. The molecule has 0 atom stereocenters. The van der Waals surface area contributed by atoms with E-state index in [0.717, 1.165) is 30.0 Å². The molecule has 1 amide bonds. The lowest BCUT2D eigenvalue weighted by Crippen LogP contribution is -2.44. The quantitative estimate of drug-likeness (QED) is 0.307. The topological polar surface area (TPSA) is 78.9 Å². The van der Waals surface area contributed by atoms with Crippen LogP contribution >= 0.6 is 24.0 Å². The molecular formula is C21H30IN5O2. The first-order valence-corrected chi connectivity index (χ1v) is 9.41. The molecule has 0 radical (unpaired) electrons. The van der Waals surface area contributed by atoms with Gasteiger partial charge in [-0.2, -0.15) is 0 Å². The lowest BCUT2D eigenvalue weighted by Gasteiger charge is -2.18. The van der Waals surface area contributed by atoms with Gasteiger partial charge in [-0.3, -0.25) is 9.78 Å².